The third-order valence-electron chi connectivity index (χ3n) is 2.26. The van der Waals surface area contributed by atoms with Gasteiger partial charge in [-0.25, -0.2) is 0 Å². The Morgan fingerprint density at radius 3 is 1.38 bits per heavy atom. The maximum atomic E-state index is 11.4. The molecule has 0 aliphatic carbocycles. The number of hydrogen-bond donors (Lipinski definition) is 0. The first-order valence-corrected chi connectivity index (χ1v) is 4.56. The second kappa shape index (κ2) is 3.36. The summed E-state index contributed by atoms with van der Waals surface area (Å²) in [5.74, 6) is -0.743. The second-order valence-corrected chi connectivity index (χ2v) is 3.88. The molecule has 1 aliphatic heterocycles. The fourth-order valence-corrected chi connectivity index (χ4v) is 1.33. The summed E-state index contributed by atoms with van der Waals surface area (Å²) in [5, 5.41) is 0. The van der Waals surface area contributed by atoms with E-state index in [1.54, 1.807) is 9.80 Å². The lowest BCUT2D eigenvalue weighted by Crippen LogP contribution is -2.35. The molecule has 0 spiro atoms. The molecule has 0 radical (unpaired) electrons. The first-order valence-electron chi connectivity index (χ1n) is 4.56. The fraction of sp³-hybridized carbons (Fsp3) is 0.778. The average molecular weight is 184 g/mol. The lowest BCUT2D eigenvalue weighted by atomic mass is 10.3. The summed E-state index contributed by atoms with van der Waals surface area (Å²) in [6.07, 6.45) is 0. The Bertz CT molecular complexity index is 212. The van der Waals surface area contributed by atoms with Gasteiger partial charge in [0.15, 0.2) is 0 Å². The van der Waals surface area contributed by atoms with E-state index in [0.717, 1.165) is 0 Å². The van der Waals surface area contributed by atoms with E-state index in [0.29, 0.717) is 6.67 Å². The quantitative estimate of drug-likeness (QED) is 0.584. The van der Waals surface area contributed by atoms with Crippen molar-refractivity contribution in [2.75, 3.05) is 6.67 Å². The lowest BCUT2D eigenvalue weighted by molar-refractivity contribution is -0.144. The number of rotatable bonds is 2. The Kier molecular flexibility index (Phi) is 2.59. The average Bonchev–Trinajstić information content (AvgIpc) is 2.29. The minimum Gasteiger partial charge on any atom is -0.314 e. The molecule has 0 bridgehead atoms. The molecular formula is C9H16N2O2. The first-order chi connectivity index (χ1) is 5.95. The normalized spacial score (nSPS) is 18.3. The fourth-order valence-electron chi connectivity index (χ4n) is 1.33. The van der Waals surface area contributed by atoms with Gasteiger partial charge in [0.1, 0.15) is 0 Å². The molecule has 0 aromatic heterocycles. The van der Waals surface area contributed by atoms with Gasteiger partial charge in [0.25, 0.3) is 0 Å². The van der Waals surface area contributed by atoms with Crippen molar-refractivity contribution in [3.63, 3.8) is 0 Å². The van der Waals surface area contributed by atoms with Crippen LogP contribution in [0.25, 0.3) is 0 Å². The molecule has 0 N–H and O–H groups in total. The summed E-state index contributed by atoms with van der Waals surface area (Å²) in [6, 6.07) is 0.195. The predicted octanol–water partition coefficient (Wildman–Crippen LogP) is 0.431. The molecule has 74 valence electrons. The maximum absolute atomic E-state index is 11.4. The standard InChI is InChI=1S/C9H16N2O2/c1-6(2)10-5-11(7(3)4)9(13)8(10)12/h6-7H,5H2,1-4H3. The molecule has 4 heteroatoms. The van der Waals surface area contributed by atoms with Crippen LogP contribution >= 0.6 is 0 Å². The number of nitrogens with zero attached hydrogens (tertiary/aromatic N) is 2. The molecule has 13 heavy (non-hydrogen) atoms. The van der Waals surface area contributed by atoms with Gasteiger partial charge >= 0.3 is 11.8 Å². The van der Waals surface area contributed by atoms with Gasteiger partial charge < -0.3 is 9.80 Å². The summed E-state index contributed by atoms with van der Waals surface area (Å²) in [4.78, 5) is 26.0. The number of amides is 2. The van der Waals surface area contributed by atoms with Crippen LogP contribution in [0.4, 0.5) is 0 Å². The topological polar surface area (TPSA) is 40.6 Å². The Labute approximate surface area is 78.5 Å². The Morgan fingerprint density at radius 1 is 0.923 bits per heavy atom. The van der Waals surface area contributed by atoms with Crippen molar-refractivity contribution in [2.45, 2.75) is 39.8 Å². The molecule has 0 unspecified atom stereocenters. The molecule has 0 aromatic carbocycles. The number of carbonyl (C=O) groups is 2. The Balaban J connectivity index is 2.79. The van der Waals surface area contributed by atoms with Crippen molar-refractivity contribution in [1.82, 2.24) is 9.80 Å². The van der Waals surface area contributed by atoms with Gasteiger partial charge in [-0.1, -0.05) is 0 Å². The molecule has 0 aromatic rings. The van der Waals surface area contributed by atoms with Crippen molar-refractivity contribution in [2.24, 2.45) is 0 Å². The van der Waals surface area contributed by atoms with E-state index in [1.165, 1.54) is 0 Å². The number of hydrogen-bond acceptors (Lipinski definition) is 2. The van der Waals surface area contributed by atoms with Crippen molar-refractivity contribution in [1.29, 1.82) is 0 Å². The highest BCUT2D eigenvalue weighted by atomic mass is 16.2. The molecule has 4 nitrogen and oxygen atoms in total. The van der Waals surface area contributed by atoms with Crippen molar-refractivity contribution in [3.05, 3.63) is 0 Å². The van der Waals surface area contributed by atoms with Crippen molar-refractivity contribution in [3.8, 4) is 0 Å². The van der Waals surface area contributed by atoms with Crippen LogP contribution in [-0.4, -0.2) is 40.4 Å². The zero-order valence-corrected chi connectivity index (χ0v) is 8.57. The lowest BCUT2D eigenvalue weighted by Gasteiger charge is -2.23. The van der Waals surface area contributed by atoms with Crippen LogP contribution in [0.2, 0.25) is 0 Å². The molecule has 1 fully saturated rings. The van der Waals surface area contributed by atoms with Crippen molar-refractivity contribution < 1.29 is 9.59 Å². The molecule has 1 aliphatic rings. The molecule has 0 saturated carbocycles. The van der Waals surface area contributed by atoms with Gasteiger partial charge in [0.2, 0.25) is 0 Å². The van der Waals surface area contributed by atoms with E-state index >= 15 is 0 Å². The summed E-state index contributed by atoms with van der Waals surface area (Å²) in [6.45, 7) is 8.08. The highest BCUT2D eigenvalue weighted by Crippen LogP contribution is 2.14. The van der Waals surface area contributed by atoms with Crippen LogP contribution in [0.1, 0.15) is 27.7 Å². The zero-order valence-electron chi connectivity index (χ0n) is 8.57. The van der Waals surface area contributed by atoms with Crippen LogP contribution in [0.15, 0.2) is 0 Å². The van der Waals surface area contributed by atoms with E-state index in [2.05, 4.69) is 0 Å². The molecule has 1 saturated heterocycles. The molecule has 0 atom stereocenters. The minimum absolute atomic E-state index is 0.0974. The maximum Gasteiger partial charge on any atom is 0.313 e. The van der Waals surface area contributed by atoms with Crippen LogP contribution in [0, 0.1) is 0 Å². The van der Waals surface area contributed by atoms with Crippen molar-refractivity contribution >= 4 is 11.8 Å². The van der Waals surface area contributed by atoms with Crippen LogP contribution in [-0.2, 0) is 9.59 Å². The molecule has 1 heterocycles. The van der Waals surface area contributed by atoms with Crippen LogP contribution < -0.4 is 0 Å². The summed E-state index contributed by atoms with van der Waals surface area (Å²) in [5.41, 5.74) is 0. The number of carbonyl (C=O) groups excluding carboxylic acids is 2. The monoisotopic (exact) mass is 184 g/mol. The van der Waals surface area contributed by atoms with Gasteiger partial charge in [-0.2, -0.15) is 0 Å². The SMILES string of the molecule is CC(C)N1CN(C(C)C)C(=O)C1=O. The summed E-state index contributed by atoms with van der Waals surface area (Å²) >= 11 is 0. The molecule has 1 rings (SSSR count). The van der Waals surface area contributed by atoms with E-state index in [-0.39, 0.29) is 23.9 Å². The first kappa shape index (κ1) is 10.0. The summed E-state index contributed by atoms with van der Waals surface area (Å²) < 4.78 is 0. The highest BCUT2D eigenvalue weighted by molar-refractivity contribution is 6.36. The highest BCUT2D eigenvalue weighted by Gasteiger charge is 2.38. The minimum atomic E-state index is -0.372. The third kappa shape index (κ3) is 1.66. The van der Waals surface area contributed by atoms with Gasteiger partial charge in [-0.3, -0.25) is 9.59 Å². The zero-order chi connectivity index (χ0) is 10.2. The Morgan fingerprint density at radius 2 is 1.23 bits per heavy atom. The molecular weight excluding hydrogens is 168 g/mol. The van der Waals surface area contributed by atoms with E-state index < -0.39 is 0 Å². The largest absolute Gasteiger partial charge is 0.314 e. The molecule has 2 amide bonds. The van der Waals surface area contributed by atoms with E-state index in [1.807, 2.05) is 27.7 Å². The second-order valence-electron chi connectivity index (χ2n) is 3.88. The smallest absolute Gasteiger partial charge is 0.313 e. The van der Waals surface area contributed by atoms with Gasteiger partial charge in [0.05, 0.1) is 6.67 Å². The van der Waals surface area contributed by atoms with Crippen LogP contribution in [0.5, 0.6) is 0 Å². The van der Waals surface area contributed by atoms with E-state index in [9.17, 15) is 9.59 Å². The van der Waals surface area contributed by atoms with Gasteiger partial charge in [-0.05, 0) is 27.7 Å². The third-order valence-corrected chi connectivity index (χ3v) is 2.26. The van der Waals surface area contributed by atoms with Gasteiger partial charge in [-0.15, -0.1) is 0 Å². The predicted molar refractivity (Wildman–Crippen MR) is 48.8 cm³/mol. The van der Waals surface area contributed by atoms with E-state index in [4.69, 9.17) is 0 Å². The van der Waals surface area contributed by atoms with Gasteiger partial charge in [0, 0.05) is 12.1 Å². The van der Waals surface area contributed by atoms with Crippen LogP contribution in [0.3, 0.4) is 0 Å². The Hall–Kier alpha value is -1.06. The summed E-state index contributed by atoms with van der Waals surface area (Å²) in [7, 11) is 0.